The van der Waals surface area contributed by atoms with Gasteiger partial charge in [-0.05, 0) is 31.5 Å². The Labute approximate surface area is 124 Å². The molecule has 0 aromatic carbocycles. The van der Waals surface area contributed by atoms with E-state index in [0.29, 0.717) is 10.9 Å². The molecule has 1 atom stereocenters. The van der Waals surface area contributed by atoms with Crippen LogP contribution in [0, 0.1) is 0 Å². The third-order valence-electron chi connectivity index (χ3n) is 3.19. The molecule has 100 valence electrons. The second-order valence-corrected chi connectivity index (χ2v) is 4.80. The lowest BCUT2D eigenvalue weighted by atomic mass is 9.96. The summed E-state index contributed by atoms with van der Waals surface area (Å²) in [6, 6.07) is 4.13. The lowest BCUT2D eigenvalue weighted by Crippen LogP contribution is -2.28. The third kappa shape index (κ3) is 3.09. The van der Waals surface area contributed by atoms with E-state index in [9.17, 15) is 0 Å². The van der Waals surface area contributed by atoms with Crippen LogP contribution in [0.3, 0.4) is 0 Å². The second-order valence-electron chi connectivity index (χ2n) is 4.36. The Morgan fingerprint density at radius 3 is 2.83 bits per heavy atom. The SMILES string of the molecule is Cl.Cl.Clc1cnc2[nH]c(C3CCCNC3)cc2c1. The highest BCUT2D eigenvalue weighted by Crippen LogP contribution is 2.26. The van der Waals surface area contributed by atoms with E-state index in [1.165, 1.54) is 18.5 Å². The van der Waals surface area contributed by atoms with Gasteiger partial charge in [0, 0.05) is 29.7 Å². The van der Waals surface area contributed by atoms with Gasteiger partial charge in [0.15, 0.2) is 0 Å². The minimum atomic E-state index is 0. The number of nitrogens with zero attached hydrogens (tertiary/aromatic N) is 1. The summed E-state index contributed by atoms with van der Waals surface area (Å²) in [4.78, 5) is 7.67. The van der Waals surface area contributed by atoms with Gasteiger partial charge in [0.25, 0.3) is 0 Å². The molecule has 2 N–H and O–H groups in total. The van der Waals surface area contributed by atoms with Gasteiger partial charge in [-0.15, -0.1) is 24.8 Å². The van der Waals surface area contributed by atoms with Crippen LogP contribution in [-0.4, -0.2) is 23.1 Å². The first-order chi connectivity index (χ1) is 7.83. The van der Waals surface area contributed by atoms with Gasteiger partial charge in [0.1, 0.15) is 5.65 Å². The Balaban J connectivity index is 0.000000810. The second kappa shape index (κ2) is 6.62. The van der Waals surface area contributed by atoms with Crippen LogP contribution in [0.4, 0.5) is 0 Å². The van der Waals surface area contributed by atoms with Crippen LogP contribution < -0.4 is 5.32 Å². The summed E-state index contributed by atoms with van der Waals surface area (Å²) in [6.45, 7) is 2.20. The molecule has 6 heteroatoms. The van der Waals surface area contributed by atoms with Crippen molar-refractivity contribution in [1.82, 2.24) is 15.3 Å². The number of hydrogen-bond donors (Lipinski definition) is 2. The average Bonchev–Trinajstić information content (AvgIpc) is 2.73. The molecule has 18 heavy (non-hydrogen) atoms. The van der Waals surface area contributed by atoms with Crippen molar-refractivity contribution >= 4 is 47.4 Å². The zero-order valence-corrected chi connectivity index (χ0v) is 12.2. The molecule has 3 heterocycles. The van der Waals surface area contributed by atoms with Crippen molar-refractivity contribution in [2.24, 2.45) is 0 Å². The number of aromatic amines is 1. The number of aromatic nitrogens is 2. The molecule has 1 fully saturated rings. The highest BCUT2D eigenvalue weighted by atomic mass is 35.5. The standard InChI is InChI=1S/C12H14ClN3.2ClH/c13-10-4-9-5-11(16-12(9)15-7-10)8-2-1-3-14-6-8;;/h4-5,7-8,14H,1-3,6H2,(H,15,16);2*1H. The van der Waals surface area contributed by atoms with Crippen LogP contribution in [0.15, 0.2) is 18.3 Å². The van der Waals surface area contributed by atoms with Gasteiger partial charge in [0.2, 0.25) is 0 Å². The van der Waals surface area contributed by atoms with Crippen LogP contribution in [0.5, 0.6) is 0 Å². The lowest BCUT2D eigenvalue weighted by molar-refractivity contribution is 0.456. The Morgan fingerprint density at radius 1 is 1.28 bits per heavy atom. The van der Waals surface area contributed by atoms with Gasteiger partial charge in [-0.2, -0.15) is 0 Å². The van der Waals surface area contributed by atoms with E-state index in [0.717, 1.165) is 24.1 Å². The molecule has 0 bridgehead atoms. The van der Waals surface area contributed by atoms with Gasteiger partial charge < -0.3 is 10.3 Å². The van der Waals surface area contributed by atoms with Crippen molar-refractivity contribution in [3.63, 3.8) is 0 Å². The molecule has 1 unspecified atom stereocenters. The highest BCUT2D eigenvalue weighted by Gasteiger charge is 2.17. The summed E-state index contributed by atoms with van der Waals surface area (Å²) in [6.07, 6.45) is 4.17. The monoisotopic (exact) mass is 307 g/mol. The Kier molecular flexibility index (Phi) is 5.73. The van der Waals surface area contributed by atoms with Gasteiger partial charge in [-0.25, -0.2) is 4.98 Å². The third-order valence-corrected chi connectivity index (χ3v) is 3.40. The van der Waals surface area contributed by atoms with E-state index in [1.807, 2.05) is 6.07 Å². The highest BCUT2D eigenvalue weighted by molar-refractivity contribution is 6.31. The molecule has 1 aliphatic rings. The number of fused-ring (bicyclic) bond motifs is 1. The number of nitrogens with one attached hydrogen (secondary N) is 2. The van der Waals surface area contributed by atoms with E-state index in [-0.39, 0.29) is 24.8 Å². The smallest absolute Gasteiger partial charge is 0.137 e. The van der Waals surface area contributed by atoms with Gasteiger partial charge in [-0.1, -0.05) is 11.6 Å². The van der Waals surface area contributed by atoms with Crippen LogP contribution >= 0.6 is 36.4 Å². The summed E-state index contributed by atoms with van der Waals surface area (Å²) in [5, 5.41) is 5.22. The van der Waals surface area contributed by atoms with Crippen LogP contribution in [0.1, 0.15) is 24.5 Å². The quantitative estimate of drug-likeness (QED) is 0.846. The van der Waals surface area contributed by atoms with Crippen molar-refractivity contribution in [2.75, 3.05) is 13.1 Å². The Hall–Kier alpha value is -0.480. The molecule has 1 aliphatic heterocycles. The molecule has 2 aromatic rings. The largest absolute Gasteiger partial charge is 0.343 e. The summed E-state index contributed by atoms with van der Waals surface area (Å²) < 4.78 is 0. The molecule has 0 saturated carbocycles. The van der Waals surface area contributed by atoms with Crippen LogP contribution in [-0.2, 0) is 0 Å². The molecule has 1 saturated heterocycles. The van der Waals surface area contributed by atoms with Crippen LogP contribution in [0.25, 0.3) is 11.0 Å². The minimum Gasteiger partial charge on any atom is -0.343 e. The lowest BCUT2D eigenvalue weighted by Gasteiger charge is -2.21. The average molecular weight is 309 g/mol. The minimum absolute atomic E-state index is 0. The molecular weight excluding hydrogens is 293 g/mol. The first kappa shape index (κ1) is 15.6. The first-order valence-corrected chi connectivity index (χ1v) is 6.05. The number of piperidine rings is 1. The molecular formula is C12H16Cl3N3. The first-order valence-electron chi connectivity index (χ1n) is 5.68. The summed E-state index contributed by atoms with van der Waals surface area (Å²) in [7, 11) is 0. The number of hydrogen-bond acceptors (Lipinski definition) is 2. The number of rotatable bonds is 1. The van der Waals surface area contributed by atoms with Crippen molar-refractivity contribution in [2.45, 2.75) is 18.8 Å². The Morgan fingerprint density at radius 2 is 2.11 bits per heavy atom. The summed E-state index contributed by atoms with van der Waals surface area (Å²) >= 11 is 5.92. The predicted octanol–water partition coefficient (Wildman–Crippen LogP) is 3.53. The fourth-order valence-electron chi connectivity index (χ4n) is 2.35. The maximum absolute atomic E-state index is 5.92. The number of halogens is 3. The molecule has 0 radical (unpaired) electrons. The topological polar surface area (TPSA) is 40.7 Å². The molecule has 0 spiro atoms. The van der Waals surface area contributed by atoms with E-state index >= 15 is 0 Å². The van der Waals surface area contributed by atoms with E-state index in [4.69, 9.17) is 11.6 Å². The zero-order chi connectivity index (χ0) is 11.0. The Bertz CT molecular complexity index is 506. The number of H-pyrrole nitrogens is 1. The van der Waals surface area contributed by atoms with Gasteiger partial charge >= 0.3 is 0 Å². The van der Waals surface area contributed by atoms with Crippen molar-refractivity contribution in [3.05, 3.63) is 29.0 Å². The maximum Gasteiger partial charge on any atom is 0.137 e. The summed E-state index contributed by atoms with van der Waals surface area (Å²) in [5.74, 6) is 0.585. The van der Waals surface area contributed by atoms with E-state index in [1.54, 1.807) is 6.20 Å². The molecule has 0 aliphatic carbocycles. The molecule has 2 aromatic heterocycles. The fourth-order valence-corrected chi connectivity index (χ4v) is 2.51. The van der Waals surface area contributed by atoms with Gasteiger partial charge in [0.05, 0.1) is 5.02 Å². The maximum atomic E-state index is 5.92. The van der Waals surface area contributed by atoms with Crippen LogP contribution in [0.2, 0.25) is 5.02 Å². The van der Waals surface area contributed by atoms with Gasteiger partial charge in [-0.3, -0.25) is 0 Å². The number of pyridine rings is 1. The van der Waals surface area contributed by atoms with Crippen molar-refractivity contribution < 1.29 is 0 Å². The normalized spacial score (nSPS) is 19.1. The molecule has 3 nitrogen and oxygen atoms in total. The molecule has 3 rings (SSSR count). The zero-order valence-electron chi connectivity index (χ0n) is 9.78. The fraction of sp³-hybridized carbons (Fsp3) is 0.417. The predicted molar refractivity (Wildman–Crippen MR) is 80.4 cm³/mol. The van der Waals surface area contributed by atoms with Crippen molar-refractivity contribution in [3.8, 4) is 0 Å². The van der Waals surface area contributed by atoms with E-state index in [2.05, 4.69) is 21.4 Å². The van der Waals surface area contributed by atoms with Crippen molar-refractivity contribution in [1.29, 1.82) is 0 Å². The van der Waals surface area contributed by atoms with E-state index < -0.39 is 0 Å². The molecule has 0 amide bonds. The summed E-state index contributed by atoms with van der Waals surface area (Å²) in [5.41, 5.74) is 2.21.